The van der Waals surface area contributed by atoms with E-state index in [2.05, 4.69) is 0 Å². The molecule has 14 heteroatoms. The van der Waals surface area contributed by atoms with Crippen molar-refractivity contribution >= 4 is 45.1 Å². The first-order valence-electron chi connectivity index (χ1n) is 13.2. The average Bonchev–Trinajstić information content (AvgIpc) is 3.49. The second kappa shape index (κ2) is 13.4. The van der Waals surface area contributed by atoms with Gasteiger partial charge in [-0.25, -0.2) is 8.42 Å². The highest BCUT2D eigenvalue weighted by molar-refractivity contribution is 7.89. The number of hydrogen-bond acceptors (Lipinski definition) is 8. The van der Waals surface area contributed by atoms with Gasteiger partial charge in [-0.05, 0) is 48.7 Å². The molecule has 1 amide bonds. The minimum absolute atomic E-state index is 0.0199. The van der Waals surface area contributed by atoms with E-state index in [1.165, 1.54) is 43.4 Å². The number of carbonyl (C=O) groups is 2. The van der Waals surface area contributed by atoms with Gasteiger partial charge in [-0.2, -0.15) is 9.04 Å². The predicted molar refractivity (Wildman–Crippen MR) is 159 cm³/mol. The quantitative estimate of drug-likeness (QED) is 0.183. The summed E-state index contributed by atoms with van der Waals surface area (Å²) in [4.78, 5) is 27.4. The normalized spacial score (nSPS) is 16.0. The molecule has 230 valence electrons. The molecule has 2 atom stereocenters. The maximum atomic E-state index is 13.7. The number of nitrogens with zero attached hydrogens (tertiary/aromatic N) is 3. The molecule has 0 saturated carbocycles. The van der Waals surface area contributed by atoms with Crippen molar-refractivity contribution in [2.75, 3.05) is 34.9 Å². The third-order valence-electron chi connectivity index (χ3n) is 7.05. The van der Waals surface area contributed by atoms with Crippen molar-refractivity contribution in [3.05, 3.63) is 86.8 Å². The third kappa shape index (κ3) is 6.98. The lowest BCUT2D eigenvalue weighted by atomic mass is 10.0. The fourth-order valence-corrected chi connectivity index (χ4v) is 7.15. The number of sulfonamides is 1. The first-order chi connectivity index (χ1) is 20.4. The maximum absolute atomic E-state index is 13.7. The van der Waals surface area contributed by atoms with Crippen LogP contribution in [0.2, 0.25) is 10.0 Å². The Hall–Kier alpha value is -3.58. The van der Waals surface area contributed by atoms with Crippen LogP contribution in [0.3, 0.4) is 0 Å². The second-order valence-corrected chi connectivity index (χ2v) is 12.7. The van der Waals surface area contributed by atoms with Crippen molar-refractivity contribution in [2.45, 2.75) is 36.3 Å². The number of carbonyl (C=O) groups excluding carboxylic acids is 2. The van der Waals surface area contributed by atoms with Crippen LogP contribution in [0.1, 0.15) is 40.4 Å². The molecule has 1 fully saturated rings. The molecule has 0 bridgehead atoms. The van der Waals surface area contributed by atoms with Crippen molar-refractivity contribution in [1.29, 1.82) is 0 Å². The average molecular weight is 653 g/mol. The number of benzene rings is 2. The Morgan fingerprint density at radius 3 is 2.37 bits per heavy atom. The van der Waals surface area contributed by atoms with E-state index in [1.54, 1.807) is 32.3 Å². The number of aromatic nitrogens is 1. The van der Waals surface area contributed by atoms with E-state index in [0.717, 1.165) is 16.7 Å². The highest BCUT2D eigenvalue weighted by Gasteiger charge is 2.41. The van der Waals surface area contributed by atoms with Gasteiger partial charge < -0.3 is 24.3 Å². The number of hydrogen-bond donors (Lipinski definition) is 0. The molecule has 2 aromatic carbocycles. The highest BCUT2D eigenvalue weighted by atomic mass is 35.5. The lowest BCUT2D eigenvalue weighted by Crippen LogP contribution is -2.42. The number of esters is 1. The predicted octanol–water partition coefficient (Wildman–Crippen LogP) is 4.03. The van der Waals surface area contributed by atoms with E-state index in [1.807, 2.05) is 0 Å². The Kier molecular flexibility index (Phi) is 10.1. The van der Waals surface area contributed by atoms with Crippen molar-refractivity contribution in [2.24, 2.45) is 0 Å². The Labute approximate surface area is 260 Å². The van der Waals surface area contributed by atoms with Gasteiger partial charge in [-0.3, -0.25) is 9.59 Å². The minimum atomic E-state index is -4.17. The van der Waals surface area contributed by atoms with Gasteiger partial charge in [0.05, 0.1) is 19.1 Å². The molecule has 1 saturated heterocycles. The number of pyridine rings is 1. The van der Waals surface area contributed by atoms with E-state index in [0.29, 0.717) is 33.8 Å². The summed E-state index contributed by atoms with van der Waals surface area (Å²) in [7, 11) is 1.92. The number of ether oxygens (including phenoxy) is 3. The molecule has 1 aromatic heterocycles. The van der Waals surface area contributed by atoms with Crippen molar-refractivity contribution in [3.63, 3.8) is 0 Å². The molecule has 0 N–H and O–H groups in total. The van der Waals surface area contributed by atoms with E-state index >= 15 is 0 Å². The summed E-state index contributed by atoms with van der Waals surface area (Å²) >= 11 is 12.7. The fourth-order valence-electron chi connectivity index (χ4n) is 4.86. The largest absolute Gasteiger partial charge is 0.619 e. The summed E-state index contributed by atoms with van der Waals surface area (Å²) in [6.07, 6.45) is 1.92. The van der Waals surface area contributed by atoms with Crippen LogP contribution in [0.5, 0.6) is 11.5 Å². The van der Waals surface area contributed by atoms with Crippen LogP contribution >= 0.6 is 23.2 Å². The Morgan fingerprint density at radius 2 is 1.74 bits per heavy atom. The molecule has 0 unspecified atom stereocenters. The molecule has 2 heterocycles. The van der Waals surface area contributed by atoms with E-state index in [9.17, 15) is 23.2 Å². The van der Waals surface area contributed by atoms with Gasteiger partial charge in [-0.1, -0.05) is 35.3 Å². The van der Waals surface area contributed by atoms with Crippen LogP contribution < -0.4 is 14.2 Å². The van der Waals surface area contributed by atoms with Gasteiger partial charge in [0, 0.05) is 38.2 Å². The van der Waals surface area contributed by atoms with E-state index < -0.39 is 28.1 Å². The molecular weight excluding hydrogens is 621 g/mol. The first kappa shape index (κ1) is 32.3. The van der Waals surface area contributed by atoms with Crippen LogP contribution in [0.25, 0.3) is 0 Å². The Morgan fingerprint density at radius 1 is 1.07 bits per heavy atom. The smallest absolute Gasteiger partial charge is 0.325 e. The molecule has 4 rings (SSSR count). The molecular formula is C29H31Cl2N3O8S. The van der Waals surface area contributed by atoms with Crippen LogP contribution in [0, 0.1) is 5.21 Å². The number of methoxy groups -OCH3 is 2. The zero-order valence-electron chi connectivity index (χ0n) is 24.0. The Bertz CT molecular complexity index is 1610. The summed E-state index contributed by atoms with van der Waals surface area (Å²) < 4.78 is 45.7. The van der Waals surface area contributed by atoms with E-state index in [-0.39, 0.29) is 45.8 Å². The van der Waals surface area contributed by atoms with Crippen LogP contribution in [0.4, 0.5) is 0 Å². The van der Waals surface area contributed by atoms with Gasteiger partial charge in [0.25, 0.3) is 5.91 Å². The zero-order chi connectivity index (χ0) is 31.5. The maximum Gasteiger partial charge on any atom is 0.325 e. The molecule has 43 heavy (non-hydrogen) atoms. The van der Waals surface area contributed by atoms with Gasteiger partial charge in [0.15, 0.2) is 23.9 Å². The van der Waals surface area contributed by atoms with Gasteiger partial charge in [-0.15, -0.1) is 0 Å². The number of amides is 1. The zero-order valence-corrected chi connectivity index (χ0v) is 26.3. The van der Waals surface area contributed by atoms with E-state index in [4.69, 9.17) is 37.4 Å². The van der Waals surface area contributed by atoms with Crippen molar-refractivity contribution in [1.82, 2.24) is 9.21 Å². The number of halogens is 2. The summed E-state index contributed by atoms with van der Waals surface area (Å²) in [6, 6.07) is 9.52. The highest BCUT2D eigenvalue weighted by Crippen LogP contribution is 2.36. The van der Waals surface area contributed by atoms with Crippen LogP contribution in [-0.4, -0.2) is 70.4 Å². The monoisotopic (exact) mass is 651 g/mol. The lowest BCUT2D eigenvalue weighted by Gasteiger charge is -2.26. The Balaban J connectivity index is 1.67. The summed E-state index contributed by atoms with van der Waals surface area (Å²) in [5, 5.41) is 12.0. The van der Waals surface area contributed by atoms with Crippen molar-refractivity contribution < 1.29 is 36.9 Å². The standard InChI is InChI=1S/C29H31Cl2N3O8S/c1-32(2)28(35)19-7-5-8-20(13-19)43(38,39)34-12-6-9-24(34)29(36)42-26(15-21-22(30)16-33(37)17-23(21)31)18-10-11-25(40-3)27(14-18)41-4/h5,7-8,10-11,13-14,16-17,24,26H,6,9,12,15H2,1-4H3/t24-,26-/m0/s1. The summed E-state index contributed by atoms with van der Waals surface area (Å²) in [5.41, 5.74) is 1.06. The third-order valence-corrected chi connectivity index (χ3v) is 9.61. The SMILES string of the molecule is COc1ccc([C@H](Cc2c(Cl)c[n+]([O-])cc2Cl)OC(=O)[C@@H]2CCCN2S(=O)(=O)c2cccc(C(=O)N(C)C)c2)cc1OC. The van der Waals surface area contributed by atoms with Gasteiger partial charge in [0.1, 0.15) is 22.2 Å². The summed E-state index contributed by atoms with van der Waals surface area (Å²) in [5.74, 6) is -0.306. The molecule has 0 radical (unpaired) electrons. The first-order valence-corrected chi connectivity index (χ1v) is 15.4. The fraction of sp³-hybridized carbons (Fsp3) is 0.345. The van der Waals surface area contributed by atoms with Gasteiger partial charge >= 0.3 is 5.97 Å². The van der Waals surface area contributed by atoms with Crippen LogP contribution in [-0.2, 0) is 26.0 Å². The molecule has 0 aliphatic carbocycles. The molecule has 1 aliphatic rings. The van der Waals surface area contributed by atoms with Crippen LogP contribution in [0.15, 0.2) is 59.8 Å². The molecule has 11 nitrogen and oxygen atoms in total. The van der Waals surface area contributed by atoms with Gasteiger partial charge in [0.2, 0.25) is 10.0 Å². The second-order valence-electron chi connectivity index (χ2n) is 10.0. The number of rotatable bonds is 10. The van der Waals surface area contributed by atoms with Crippen molar-refractivity contribution in [3.8, 4) is 11.5 Å². The molecule has 1 aliphatic heterocycles. The lowest BCUT2D eigenvalue weighted by molar-refractivity contribution is -0.605. The topological polar surface area (TPSA) is 129 Å². The molecule has 0 spiro atoms. The minimum Gasteiger partial charge on any atom is -0.619 e. The molecule has 3 aromatic rings. The summed E-state index contributed by atoms with van der Waals surface area (Å²) in [6.45, 7) is 0.0921.